The molecule has 27 heavy (non-hydrogen) atoms. The second-order valence-corrected chi connectivity index (χ2v) is 8.86. The van der Waals surface area contributed by atoms with E-state index in [1.54, 1.807) is 6.20 Å². The Morgan fingerprint density at radius 1 is 0.963 bits per heavy atom. The average Bonchev–Trinajstić information content (AvgIpc) is 3.08. The van der Waals surface area contributed by atoms with Crippen LogP contribution >= 0.6 is 0 Å². The molecule has 0 atom stereocenters. The molecular formula is C20H22FN3O2S. The molecule has 7 heteroatoms. The summed E-state index contributed by atoms with van der Waals surface area (Å²) >= 11 is 0. The lowest BCUT2D eigenvalue weighted by Crippen LogP contribution is -2.43. The van der Waals surface area contributed by atoms with Crippen LogP contribution in [0.1, 0.15) is 5.56 Å². The fraction of sp³-hybridized carbons (Fsp3) is 0.300. The number of halogens is 1. The molecule has 5 nitrogen and oxygen atoms in total. The molecule has 2 heterocycles. The van der Waals surface area contributed by atoms with E-state index in [1.165, 1.54) is 21.7 Å². The zero-order valence-corrected chi connectivity index (χ0v) is 16.0. The van der Waals surface area contributed by atoms with Crippen molar-refractivity contribution in [2.24, 2.45) is 0 Å². The first-order valence-electron chi connectivity index (χ1n) is 8.95. The highest BCUT2D eigenvalue weighted by atomic mass is 32.2. The van der Waals surface area contributed by atoms with Crippen molar-refractivity contribution in [2.75, 3.05) is 33.2 Å². The Hall–Kier alpha value is -2.22. The van der Waals surface area contributed by atoms with Crippen LogP contribution < -0.4 is 0 Å². The maximum Gasteiger partial charge on any atom is 0.268 e. The minimum atomic E-state index is -3.75. The monoisotopic (exact) mass is 387 g/mol. The fourth-order valence-corrected chi connectivity index (χ4v) is 4.81. The number of hydrogen-bond acceptors (Lipinski definition) is 4. The van der Waals surface area contributed by atoms with Crippen LogP contribution in [0.4, 0.5) is 4.39 Å². The zero-order chi connectivity index (χ0) is 19.0. The van der Waals surface area contributed by atoms with Crippen LogP contribution in [0.3, 0.4) is 0 Å². The second kappa shape index (κ2) is 7.07. The van der Waals surface area contributed by atoms with Gasteiger partial charge in [-0.15, -0.1) is 0 Å². The SMILES string of the molecule is CN1CCN(Cc2ccc3c(ccn3S(=O)(=O)c3ccc(F)cc3)c2)CC1. The first-order valence-corrected chi connectivity index (χ1v) is 10.4. The highest BCUT2D eigenvalue weighted by Gasteiger charge is 2.19. The van der Waals surface area contributed by atoms with Crippen LogP contribution in [0.2, 0.25) is 0 Å². The average molecular weight is 387 g/mol. The van der Waals surface area contributed by atoms with Crippen molar-refractivity contribution in [1.82, 2.24) is 13.8 Å². The van der Waals surface area contributed by atoms with Gasteiger partial charge in [-0.1, -0.05) is 6.07 Å². The summed E-state index contributed by atoms with van der Waals surface area (Å²) in [5.74, 6) is -0.458. The molecule has 0 amide bonds. The van der Waals surface area contributed by atoms with Crippen LogP contribution in [-0.2, 0) is 16.6 Å². The lowest BCUT2D eigenvalue weighted by atomic mass is 10.1. The minimum absolute atomic E-state index is 0.0721. The van der Waals surface area contributed by atoms with E-state index in [2.05, 4.69) is 16.8 Å². The van der Waals surface area contributed by atoms with E-state index in [0.717, 1.165) is 50.2 Å². The first-order chi connectivity index (χ1) is 12.9. The maximum atomic E-state index is 13.1. The molecule has 142 valence electrons. The van der Waals surface area contributed by atoms with Gasteiger partial charge < -0.3 is 4.90 Å². The standard InChI is InChI=1S/C20H22FN3O2S/c1-22-10-12-23(13-11-22)15-16-2-7-20-17(14-16)8-9-24(20)27(25,26)19-5-3-18(21)4-6-19/h2-9,14H,10-13,15H2,1H3. The molecule has 3 aromatic rings. The molecule has 0 aliphatic carbocycles. The molecular weight excluding hydrogens is 365 g/mol. The Labute approximate surface area is 158 Å². The summed E-state index contributed by atoms with van der Waals surface area (Å²) in [6.07, 6.45) is 1.56. The summed E-state index contributed by atoms with van der Waals surface area (Å²) in [4.78, 5) is 4.80. The number of hydrogen-bond donors (Lipinski definition) is 0. The van der Waals surface area contributed by atoms with Crippen molar-refractivity contribution in [1.29, 1.82) is 0 Å². The molecule has 4 rings (SSSR count). The van der Waals surface area contributed by atoms with Crippen LogP contribution in [0.25, 0.3) is 10.9 Å². The van der Waals surface area contributed by atoms with Crippen LogP contribution in [0, 0.1) is 5.82 Å². The van der Waals surface area contributed by atoms with E-state index in [9.17, 15) is 12.8 Å². The maximum absolute atomic E-state index is 13.1. The summed E-state index contributed by atoms with van der Waals surface area (Å²) in [6, 6.07) is 12.6. The Kier molecular flexibility index (Phi) is 4.75. The minimum Gasteiger partial charge on any atom is -0.304 e. The smallest absolute Gasteiger partial charge is 0.268 e. The van der Waals surface area contributed by atoms with Crippen molar-refractivity contribution in [3.63, 3.8) is 0 Å². The van der Waals surface area contributed by atoms with Gasteiger partial charge in [-0.2, -0.15) is 0 Å². The number of aromatic nitrogens is 1. The Morgan fingerprint density at radius 2 is 1.67 bits per heavy atom. The molecule has 1 fully saturated rings. The summed E-state index contributed by atoms with van der Waals surface area (Å²) < 4.78 is 40.1. The second-order valence-electron chi connectivity index (χ2n) is 7.04. The van der Waals surface area contributed by atoms with Gasteiger partial charge in [0, 0.05) is 44.3 Å². The van der Waals surface area contributed by atoms with Crippen molar-refractivity contribution in [2.45, 2.75) is 11.4 Å². The van der Waals surface area contributed by atoms with Crippen molar-refractivity contribution >= 4 is 20.9 Å². The number of fused-ring (bicyclic) bond motifs is 1. The van der Waals surface area contributed by atoms with Gasteiger partial charge in [0.25, 0.3) is 10.0 Å². The fourth-order valence-electron chi connectivity index (χ4n) is 3.46. The number of nitrogens with zero attached hydrogens (tertiary/aromatic N) is 3. The van der Waals surface area contributed by atoms with Gasteiger partial charge in [-0.25, -0.2) is 16.8 Å². The van der Waals surface area contributed by atoms with Gasteiger partial charge in [-0.3, -0.25) is 4.90 Å². The Bertz CT molecular complexity index is 1050. The summed E-state index contributed by atoms with van der Waals surface area (Å²) in [5, 5.41) is 0.882. The third kappa shape index (κ3) is 3.63. The molecule has 0 spiro atoms. The largest absolute Gasteiger partial charge is 0.304 e. The summed E-state index contributed by atoms with van der Waals surface area (Å²) in [5.41, 5.74) is 1.80. The topological polar surface area (TPSA) is 45.5 Å². The van der Waals surface area contributed by atoms with Crippen molar-refractivity contribution in [3.8, 4) is 0 Å². The highest BCUT2D eigenvalue weighted by molar-refractivity contribution is 7.90. The lowest BCUT2D eigenvalue weighted by molar-refractivity contribution is 0.148. The first kappa shape index (κ1) is 18.2. The van der Waals surface area contributed by atoms with E-state index in [0.29, 0.717) is 5.52 Å². The number of rotatable bonds is 4. The van der Waals surface area contributed by atoms with E-state index >= 15 is 0 Å². The lowest BCUT2D eigenvalue weighted by Gasteiger charge is -2.32. The Balaban J connectivity index is 1.61. The molecule has 0 saturated carbocycles. The van der Waals surface area contributed by atoms with Gasteiger partial charge in [0.05, 0.1) is 10.4 Å². The molecule has 0 unspecified atom stereocenters. The highest BCUT2D eigenvalue weighted by Crippen LogP contribution is 2.24. The third-order valence-electron chi connectivity index (χ3n) is 5.09. The number of piperazine rings is 1. The molecule has 0 radical (unpaired) electrons. The van der Waals surface area contributed by atoms with Crippen molar-refractivity contribution < 1.29 is 12.8 Å². The van der Waals surface area contributed by atoms with Gasteiger partial charge in [0.2, 0.25) is 0 Å². The third-order valence-corrected chi connectivity index (χ3v) is 6.80. The molecule has 1 aliphatic heterocycles. The summed E-state index contributed by atoms with van der Waals surface area (Å²) in [6.45, 7) is 5.06. The predicted molar refractivity (Wildman–Crippen MR) is 104 cm³/mol. The van der Waals surface area contributed by atoms with E-state index in [1.807, 2.05) is 24.3 Å². The molecule has 0 N–H and O–H groups in total. The van der Waals surface area contributed by atoms with Crippen molar-refractivity contribution in [3.05, 3.63) is 66.1 Å². The molecule has 1 aliphatic rings. The van der Waals surface area contributed by atoms with Gasteiger partial charge in [0.1, 0.15) is 5.82 Å². The Morgan fingerprint density at radius 3 is 2.37 bits per heavy atom. The zero-order valence-electron chi connectivity index (χ0n) is 15.2. The van der Waals surface area contributed by atoms with Gasteiger partial charge in [0.15, 0.2) is 0 Å². The molecule has 0 bridgehead atoms. The predicted octanol–water partition coefficient (Wildman–Crippen LogP) is 2.76. The van der Waals surface area contributed by atoms with E-state index in [4.69, 9.17) is 0 Å². The molecule has 1 saturated heterocycles. The van der Waals surface area contributed by atoms with Crippen LogP contribution in [0.5, 0.6) is 0 Å². The van der Waals surface area contributed by atoms with Crippen LogP contribution in [0.15, 0.2) is 59.6 Å². The van der Waals surface area contributed by atoms with Gasteiger partial charge >= 0.3 is 0 Å². The van der Waals surface area contributed by atoms with E-state index in [-0.39, 0.29) is 4.90 Å². The van der Waals surface area contributed by atoms with Gasteiger partial charge in [-0.05, 0) is 55.1 Å². The normalized spacial score (nSPS) is 16.8. The van der Waals surface area contributed by atoms with E-state index < -0.39 is 15.8 Å². The van der Waals surface area contributed by atoms with Crippen LogP contribution in [-0.4, -0.2) is 55.4 Å². The molecule has 1 aromatic heterocycles. The molecule has 2 aromatic carbocycles. The quantitative estimate of drug-likeness (QED) is 0.691. The summed E-state index contributed by atoms with van der Waals surface area (Å²) in [7, 11) is -1.62. The number of likely N-dealkylation sites (N-methyl/N-ethyl adjacent to an activating group) is 1. The number of benzene rings is 2.